The van der Waals surface area contributed by atoms with Crippen molar-refractivity contribution in [1.82, 2.24) is 0 Å². The Labute approximate surface area is 259 Å². The summed E-state index contributed by atoms with van der Waals surface area (Å²) >= 11 is 0. The molecule has 4 nitrogen and oxygen atoms in total. The predicted molar refractivity (Wildman–Crippen MR) is 183 cm³/mol. The molecule has 0 atom stereocenters. The number of nitrogens with zero attached hydrogens (tertiary/aromatic N) is 2. The maximum absolute atomic E-state index is 5.47. The van der Waals surface area contributed by atoms with E-state index in [1.807, 2.05) is 24.3 Å². The van der Waals surface area contributed by atoms with E-state index in [0.717, 1.165) is 58.5 Å². The number of hydrogen-bond donors (Lipinski definition) is 0. The van der Waals surface area contributed by atoms with E-state index in [4.69, 9.17) is 9.47 Å². The van der Waals surface area contributed by atoms with Gasteiger partial charge >= 0.3 is 0 Å². The predicted octanol–water partition coefficient (Wildman–Crippen LogP) is 10.5. The summed E-state index contributed by atoms with van der Waals surface area (Å²) in [6.07, 6.45) is 2.06. The Morgan fingerprint density at radius 1 is 0.432 bits per heavy atom. The SMILES string of the molecule is COc1ccc(N(c2ccc(C)cc2)c2cc3c4c(cc(N(c5ccc(C)cc5)c5ccc(OC)cc5)cc4c2)CC3)cc1. The van der Waals surface area contributed by atoms with Gasteiger partial charge in [-0.05, 0) is 146 Å². The number of aryl methyl sites for hydroxylation is 4. The van der Waals surface area contributed by atoms with E-state index in [2.05, 4.69) is 121 Å². The first-order valence-electron chi connectivity index (χ1n) is 15.1. The highest BCUT2D eigenvalue weighted by molar-refractivity contribution is 5.99. The van der Waals surface area contributed by atoms with Gasteiger partial charge in [-0.2, -0.15) is 0 Å². The number of benzene rings is 6. The molecular weight excluding hydrogens is 540 g/mol. The molecule has 0 N–H and O–H groups in total. The Kier molecular flexibility index (Phi) is 7.19. The summed E-state index contributed by atoms with van der Waals surface area (Å²) in [7, 11) is 3.41. The van der Waals surface area contributed by atoms with E-state index in [1.54, 1.807) is 14.2 Å². The average molecular weight is 577 g/mol. The number of hydrogen-bond acceptors (Lipinski definition) is 4. The van der Waals surface area contributed by atoms with E-state index in [0.29, 0.717) is 0 Å². The molecule has 218 valence electrons. The van der Waals surface area contributed by atoms with Crippen LogP contribution in [0.15, 0.2) is 121 Å². The number of rotatable bonds is 8. The minimum absolute atomic E-state index is 0.846. The maximum Gasteiger partial charge on any atom is 0.119 e. The first kappa shape index (κ1) is 27.6. The van der Waals surface area contributed by atoms with Crippen LogP contribution in [-0.2, 0) is 12.8 Å². The monoisotopic (exact) mass is 576 g/mol. The molecule has 0 saturated heterocycles. The highest BCUT2D eigenvalue weighted by atomic mass is 16.5. The summed E-state index contributed by atoms with van der Waals surface area (Å²) in [5.74, 6) is 1.69. The van der Waals surface area contributed by atoms with Crippen molar-refractivity contribution in [3.05, 3.63) is 144 Å². The van der Waals surface area contributed by atoms with Gasteiger partial charge in [0, 0.05) is 34.1 Å². The zero-order chi connectivity index (χ0) is 30.2. The molecule has 4 heteroatoms. The Hall–Kier alpha value is -5.22. The molecule has 1 aliphatic carbocycles. The van der Waals surface area contributed by atoms with Gasteiger partial charge in [0.25, 0.3) is 0 Å². The van der Waals surface area contributed by atoms with Gasteiger partial charge in [0.15, 0.2) is 0 Å². The van der Waals surface area contributed by atoms with Crippen LogP contribution < -0.4 is 19.3 Å². The van der Waals surface area contributed by atoms with Crippen molar-refractivity contribution in [1.29, 1.82) is 0 Å². The molecule has 1 aliphatic rings. The molecule has 0 saturated carbocycles. The van der Waals surface area contributed by atoms with Crippen LogP contribution in [0.25, 0.3) is 10.8 Å². The zero-order valence-electron chi connectivity index (χ0n) is 25.7. The average Bonchev–Trinajstić information content (AvgIpc) is 3.47. The van der Waals surface area contributed by atoms with Gasteiger partial charge in [0.2, 0.25) is 0 Å². The van der Waals surface area contributed by atoms with Crippen LogP contribution in [0.4, 0.5) is 34.1 Å². The zero-order valence-corrected chi connectivity index (χ0v) is 25.7. The summed E-state index contributed by atoms with van der Waals surface area (Å²) in [4.78, 5) is 4.70. The third-order valence-corrected chi connectivity index (χ3v) is 8.61. The Morgan fingerprint density at radius 2 is 0.773 bits per heavy atom. The smallest absolute Gasteiger partial charge is 0.119 e. The van der Waals surface area contributed by atoms with Gasteiger partial charge in [-0.25, -0.2) is 0 Å². The fourth-order valence-corrected chi connectivity index (χ4v) is 6.33. The molecule has 0 radical (unpaired) electrons. The highest BCUT2D eigenvalue weighted by Gasteiger charge is 2.22. The van der Waals surface area contributed by atoms with Gasteiger partial charge in [0.05, 0.1) is 14.2 Å². The van der Waals surface area contributed by atoms with Gasteiger partial charge in [-0.15, -0.1) is 0 Å². The van der Waals surface area contributed by atoms with Crippen molar-refractivity contribution in [3.63, 3.8) is 0 Å². The molecule has 44 heavy (non-hydrogen) atoms. The summed E-state index contributed by atoms with van der Waals surface area (Å²) in [6.45, 7) is 4.26. The molecule has 0 amide bonds. The molecule has 6 aromatic carbocycles. The van der Waals surface area contributed by atoms with Gasteiger partial charge in [-0.3, -0.25) is 0 Å². The molecule has 0 unspecified atom stereocenters. The second-order valence-corrected chi connectivity index (χ2v) is 11.5. The van der Waals surface area contributed by atoms with Gasteiger partial charge in [-0.1, -0.05) is 35.4 Å². The molecule has 0 aromatic heterocycles. The Bertz CT molecular complexity index is 1790. The van der Waals surface area contributed by atoms with Crippen LogP contribution in [0.3, 0.4) is 0 Å². The molecular formula is C40H36N2O2. The van der Waals surface area contributed by atoms with Crippen LogP contribution in [0.2, 0.25) is 0 Å². The first-order chi connectivity index (χ1) is 21.5. The van der Waals surface area contributed by atoms with Crippen molar-refractivity contribution in [3.8, 4) is 11.5 Å². The largest absolute Gasteiger partial charge is 0.497 e. The Balaban J connectivity index is 1.41. The van der Waals surface area contributed by atoms with Gasteiger partial charge < -0.3 is 19.3 Å². The van der Waals surface area contributed by atoms with Crippen LogP contribution in [0.5, 0.6) is 11.5 Å². The van der Waals surface area contributed by atoms with E-state index in [1.165, 1.54) is 33.0 Å². The second-order valence-electron chi connectivity index (χ2n) is 11.5. The van der Waals surface area contributed by atoms with Crippen molar-refractivity contribution >= 4 is 44.9 Å². The lowest BCUT2D eigenvalue weighted by atomic mass is 10.0. The summed E-state index contributed by atoms with van der Waals surface area (Å²) in [6, 6.07) is 43.6. The lowest BCUT2D eigenvalue weighted by molar-refractivity contribution is 0.414. The third-order valence-electron chi connectivity index (χ3n) is 8.61. The summed E-state index contributed by atoms with van der Waals surface area (Å²) in [5.41, 5.74) is 12.0. The van der Waals surface area contributed by atoms with Crippen molar-refractivity contribution in [2.45, 2.75) is 26.7 Å². The number of ether oxygens (including phenoxy) is 2. The number of methoxy groups -OCH3 is 2. The van der Waals surface area contributed by atoms with Crippen LogP contribution in [-0.4, -0.2) is 14.2 Å². The summed E-state index contributed by atoms with van der Waals surface area (Å²) < 4.78 is 10.9. The van der Waals surface area contributed by atoms with E-state index in [-0.39, 0.29) is 0 Å². The molecule has 0 aliphatic heterocycles. The Morgan fingerprint density at radius 3 is 1.11 bits per heavy atom. The number of anilines is 6. The first-order valence-corrected chi connectivity index (χ1v) is 15.1. The fourth-order valence-electron chi connectivity index (χ4n) is 6.33. The standard InChI is InChI=1S/C40H36N2O2/c1-27-5-11-32(12-6-27)41(34-15-19-38(43-3)20-16-34)36-23-29-9-10-30-24-37(26-31(25-36)40(29)30)42(33-13-7-28(2)8-14-33)35-17-21-39(44-4)22-18-35/h5-8,11-26H,9-10H2,1-4H3. The van der Waals surface area contributed by atoms with Gasteiger partial charge in [0.1, 0.15) is 11.5 Å². The fraction of sp³-hybridized carbons (Fsp3) is 0.150. The molecule has 0 bridgehead atoms. The van der Waals surface area contributed by atoms with Crippen LogP contribution >= 0.6 is 0 Å². The summed E-state index contributed by atoms with van der Waals surface area (Å²) in [5, 5.41) is 2.63. The highest BCUT2D eigenvalue weighted by Crippen LogP contribution is 2.44. The second kappa shape index (κ2) is 11.5. The van der Waals surface area contributed by atoms with E-state index in [9.17, 15) is 0 Å². The lowest BCUT2D eigenvalue weighted by Gasteiger charge is -2.28. The van der Waals surface area contributed by atoms with Crippen molar-refractivity contribution in [2.24, 2.45) is 0 Å². The minimum Gasteiger partial charge on any atom is -0.497 e. The van der Waals surface area contributed by atoms with E-state index < -0.39 is 0 Å². The molecule has 0 heterocycles. The maximum atomic E-state index is 5.47. The molecule has 6 aromatic rings. The topological polar surface area (TPSA) is 24.9 Å². The lowest BCUT2D eigenvalue weighted by Crippen LogP contribution is -2.11. The molecule has 7 rings (SSSR count). The third kappa shape index (κ3) is 5.13. The molecule has 0 spiro atoms. The van der Waals surface area contributed by atoms with E-state index >= 15 is 0 Å². The van der Waals surface area contributed by atoms with Crippen LogP contribution in [0.1, 0.15) is 22.3 Å². The normalized spacial score (nSPS) is 11.9. The quantitative estimate of drug-likeness (QED) is 0.180. The minimum atomic E-state index is 0.846. The van der Waals surface area contributed by atoms with Crippen LogP contribution in [0, 0.1) is 13.8 Å². The van der Waals surface area contributed by atoms with Crippen molar-refractivity contribution < 1.29 is 9.47 Å². The van der Waals surface area contributed by atoms with Crippen molar-refractivity contribution in [2.75, 3.05) is 24.0 Å². The molecule has 0 fully saturated rings.